The van der Waals surface area contributed by atoms with E-state index in [1.54, 1.807) is 11.0 Å². The molecule has 1 aliphatic carbocycles. The Balaban J connectivity index is 0.000000361. The second kappa shape index (κ2) is 10.2. The predicted molar refractivity (Wildman–Crippen MR) is 81.2 cm³/mol. The molecule has 0 spiro atoms. The summed E-state index contributed by atoms with van der Waals surface area (Å²) in [5.41, 5.74) is 0.675. The first kappa shape index (κ1) is 18.4. The third-order valence-corrected chi connectivity index (χ3v) is 3.30. The molecule has 0 radical (unpaired) electrons. The first-order valence-corrected chi connectivity index (χ1v) is 7.17. The Bertz CT molecular complexity index is 360. The van der Waals surface area contributed by atoms with Crippen LogP contribution in [0.15, 0.2) is 23.8 Å². The van der Waals surface area contributed by atoms with Gasteiger partial charge < -0.3 is 9.64 Å². The van der Waals surface area contributed by atoms with Crippen LogP contribution in [0.1, 0.15) is 40.0 Å². The Morgan fingerprint density at radius 3 is 2.40 bits per heavy atom. The molecule has 1 rings (SSSR count). The van der Waals surface area contributed by atoms with Gasteiger partial charge in [0.2, 0.25) is 5.91 Å². The molecule has 0 aromatic heterocycles. The molecular weight excluding hydrogens is 254 g/mol. The van der Waals surface area contributed by atoms with Crippen LogP contribution < -0.4 is 0 Å². The lowest BCUT2D eigenvalue weighted by atomic mass is 10.1. The zero-order valence-electron chi connectivity index (χ0n) is 13.3. The van der Waals surface area contributed by atoms with Crippen molar-refractivity contribution in [3.05, 3.63) is 23.8 Å². The summed E-state index contributed by atoms with van der Waals surface area (Å²) < 4.78 is 4.53. The normalized spacial score (nSPS) is 14.6. The smallest absolute Gasteiger partial charge is 0.337 e. The van der Waals surface area contributed by atoms with Crippen molar-refractivity contribution in [1.29, 1.82) is 0 Å². The summed E-state index contributed by atoms with van der Waals surface area (Å²) in [5, 5.41) is 0. The molecule has 1 atom stereocenters. The van der Waals surface area contributed by atoms with E-state index in [0.29, 0.717) is 5.57 Å². The van der Waals surface area contributed by atoms with E-state index in [0.717, 1.165) is 25.8 Å². The van der Waals surface area contributed by atoms with Crippen molar-refractivity contribution >= 4 is 11.9 Å². The van der Waals surface area contributed by atoms with Gasteiger partial charge in [-0.05, 0) is 26.2 Å². The largest absolute Gasteiger partial charge is 0.465 e. The number of nitrogens with zero attached hydrogens (tertiary/aromatic N) is 1. The van der Waals surface area contributed by atoms with E-state index < -0.39 is 0 Å². The van der Waals surface area contributed by atoms with Crippen LogP contribution in [0.4, 0.5) is 0 Å². The van der Waals surface area contributed by atoms with Crippen LogP contribution in [0.25, 0.3) is 0 Å². The van der Waals surface area contributed by atoms with Crippen LogP contribution >= 0.6 is 0 Å². The van der Waals surface area contributed by atoms with Crippen LogP contribution in [0.2, 0.25) is 0 Å². The van der Waals surface area contributed by atoms with Gasteiger partial charge in [0, 0.05) is 19.5 Å². The quantitative estimate of drug-likeness (QED) is 0.744. The number of amides is 1. The SMILES string of the molecule is CCC(C)C(=O)N(C)CC.COC(=O)C1=CCCC=C1. The molecule has 4 heteroatoms. The van der Waals surface area contributed by atoms with Gasteiger partial charge in [0.1, 0.15) is 0 Å². The number of carbonyl (C=O) groups excluding carboxylic acids is 2. The minimum Gasteiger partial charge on any atom is -0.465 e. The molecule has 0 N–H and O–H groups in total. The van der Waals surface area contributed by atoms with Gasteiger partial charge in [0.25, 0.3) is 0 Å². The van der Waals surface area contributed by atoms with Gasteiger partial charge in [0.05, 0.1) is 12.7 Å². The van der Waals surface area contributed by atoms with Crippen molar-refractivity contribution in [2.75, 3.05) is 20.7 Å². The number of methoxy groups -OCH3 is 1. The summed E-state index contributed by atoms with van der Waals surface area (Å²) in [6.07, 6.45) is 8.58. The number of esters is 1. The highest BCUT2D eigenvalue weighted by molar-refractivity contribution is 5.91. The molecule has 1 unspecified atom stereocenters. The summed E-state index contributed by atoms with van der Waals surface area (Å²) >= 11 is 0. The fourth-order valence-electron chi connectivity index (χ4n) is 1.59. The zero-order valence-corrected chi connectivity index (χ0v) is 13.3. The Kier molecular flexibility index (Phi) is 9.43. The average Bonchev–Trinajstić information content (AvgIpc) is 2.53. The third kappa shape index (κ3) is 6.55. The second-order valence-corrected chi connectivity index (χ2v) is 4.79. The van der Waals surface area contributed by atoms with Crippen LogP contribution in [-0.4, -0.2) is 37.5 Å². The molecule has 1 amide bonds. The van der Waals surface area contributed by atoms with Crippen molar-refractivity contribution in [2.45, 2.75) is 40.0 Å². The molecule has 1 aliphatic rings. The molecule has 0 fully saturated rings. The van der Waals surface area contributed by atoms with Crippen molar-refractivity contribution in [3.63, 3.8) is 0 Å². The molecule has 0 saturated heterocycles. The second-order valence-electron chi connectivity index (χ2n) is 4.79. The summed E-state index contributed by atoms with van der Waals surface area (Å²) in [7, 11) is 3.24. The molecule has 0 heterocycles. The van der Waals surface area contributed by atoms with E-state index in [9.17, 15) is 9.59 Å². The highest BCUT2D eigenvalue weighted by atomic mass is 16.5. The summed E-state index contributed by atoms with van der Waals surface area (Å²) in [6, 6.07) is 0. The zero-order chi connectivity index (χ0) is 15.5. The molecule has 0 saturated carbocycles. The van der Waals surface area contributed by atoms with E-state index >= 15 is 0 Å². The summed E-state index contributed by atoms with van der Waals surface area (Å²) in [4.78, 5) is 23.8. The van der Waals surface area contributed by atoms with E-state index in [1.807, 2.05) is 40.0 Å². The first-order chi connectivity index (χ1) is 9.47. The van der Waals surface area contributed by atoms with E-state index in [-0.39, 0.29) is 17.8 Å². The van der Waals surface area contributed by atoms with Crippen LogP contribution in [0.5, 0.6) is 0 Å². The minimum atomic E-state index is -0.240. The molecular formula is C16H27NO3. The number of rotatable bonds is 4. The standard InChI is InChI=1S/C8H17NO.C8H10O2/c1-5-7(3)8(10)9(4)6-2;1-10-8(9)7-5-3-2-4-6-7/h7H,5-6H2,1-4H3;3,5-6H,2,4H2,1H3. The Labute approximate surface area is 122 Å². The lowest BCUT2D eigenvalue weighted by molar-refractivity contribution is -0.136. The molecule has 4 nitrogen and oxygen atoms in total. The molecule has 0 bridgehead atoms. The van der Waals surface area contributed by atoms with Crippen LogP contribution in [-0.2, 0) is 14.3 Å². The van der Waals surface area contributed by atoms with Gasteiger partial charge in [-0.15, -0.1) is 0 Å². The molecule has 0 aliphatic heterocycles. The Morgan fingerprint density at radius 2 is 2.00 bits per heavy atom. The predicted octanol–water partition coefficient (Wildman–Crippen LogP) is 2.95. The summed E-state index contributed by atoms with van der Waals surface area (Å²) in [5.74, 6) is 0.200. The first-order valence-electron chi connectivity index (χ1n) is 7.17. The highest BCUT2D eigenvalue weighted by Gasteiger charge is 2.13. The fourth-order valence-corrected chi connectivity index (χ4v) is 1.59. The van der Waals surface area contributed by atoms with Gasteiger partial charge >= 0.3 is 5.97 Å². The number of carbonyl (C=O) groups is 2. The summed E-state index contributed by atoms with van der Waals surface area (Å²) in [6.45, 7) is 6.80. The van der Waals surface area contributed by atoms with Gasteiger partial charge in [-0.3, -0.25) is 4.79 Å². The molecule has 20 heavy (non-hydrogen) atoms. The van der Waals surface area contributed by atoms with Crippen molar-refractivity contribution in [3.8, 4) is 0 Å². The maximum Gasteiger partial charge on any atom is 0.337 e. The lowest BCUT2D eigenvalue weighted by Crippen LogP contribution is -2.30. The van der Waals surface area contributed by atoms with Gasteiger partial charge in [-0.1, -0.05) is 32.1 Å². The molecule has 114 valence electrons. The minimum absolute atomic E-state index is 0.185. The maximum absolute atomic E-state index is 11.2. The van der Waals surface area contributed by atoms with Crippen LogP contribution in [0.3, 0.4) is 0 Å². The highest BCUT2D eigenvalue weighted by Crippen LogP contribution is 2.10. The van der Waals surface area contributed by atoms with Gasteiger partial charge in [-0.2, -0.15) is 0 Å². The average molecular weight is 281 g/mol. The topological polar surface area (TPSA) is 46.6 Å². The fraction of sp³-hybridized carbons (Fsp3) is 0.625. The van der Waals surface area contributed by atoms with Crippen LogP contribution in [0, 0.1) is 5.92 Å². The van der Waals surface area contributed by atoms with E-state index in [1.165, 1.54) is 7.11 Å². The third-order valence-electron chi connectivity index (χ3n) is 3.30. The lowest BCUT2D eigenvalue weighted by Gasteiger charge is -2.18. The van der Waals surface area contributed by atoms with E-state index in [4.69, 9.17) is 0 Å². The van der Waals surface area contributed by atoms with Gasteiger partial charge in [0.15, 0.2) is 0 Å². The van der Waals surface area contributed by atoms with Crippen molar-refractivity contribution in [2.24, 2.45) is 5.92 Å². The number of ether oxygens (including phenoxy) is 1. The van der Waals surface area contributed by atoms with Crippen molar-refractivity contribution < 1.29 is 14.3 Å². The number of allylic oxidation sites excluding steroid dienone is 2. The monoisotopic (exact) mass is 281 g/mol. The number of hydrogen-bond acceptors (Lipinski definition) is 3. The Morgan fingerprint density at radius 1 is 1.35 bits per heavy atom. The Hall–Kier alpha value is -1.58. The van der Waals surface area contributed by atoms with Gasteiger partial charge in [-0.25, -0.2) is 4.79 Å². The van der Waals surface area contributed by atoms with Crippen molar-refractivity contribution in [1.82, 2.24) is 4.90 Å². The number of hydrogen-bond donors (Lipinski definition) is 0. The maximum atomic E-state index is 11.2. The van der Waals surface area contributed by atoms with E-state index in [2.05, 4.69) is 4.74 Å². The molecule has 0 aromatic carbocycles. The molecule has 0 aromatic rings.